The number of nitrogen functional groups attached to an aromatic ring is 1. The fourth-order valence-electron chi connectivity index (χ4n) is 2.95. The standard InChI is InChI=1S/C14H21N5O/c1-9-8-10(6-7-18(9)2)19-13-11(16-14(19)15)4-5-12(17-13)20-3/h4-5,9-10H,6-8H2,1-3H3,(H2,15,16). The Morgan fingerprint density at radius 3 is 2.85 bits per heavy atom. The molecule has 108 valence electrons. The molecule has 3 heterocycles. The van der Waals surface area contributed by atoms with E-state index in [1.807, 2.05) is 12.1 Å². The Morgan fingerprint density at radius 2 is 2.15 bits per heavy atom. The fraction of sp³-hybridized carbons (Fsp3) is 0.571. The second kappa shape index (κ2) is 4.94. The molecule has 0 amide bonds. The molecule has 0 aromatic carbocycles. The van der Waals surface area contributed by atoms with Gasteiger partial charge in [-0.05, 0) is 32.9 Å². The highest BCUT2D eigenvalue weighted by atomic mass is 16.5. The second-order valence-electron chi connectivity index (χ2n) is 5.54. The van der Waals surface area contributed by atoms with Crippen LogP contribution in [0.2, 0.25) is 0 Å². The number of aromatic nitrogens is 3. The van der Waals surface area contributed by atoms with Gasteiger partial charge in [-0.1, -0.05) is 0 Å². The van der Waals surface area contributed by atoms with E-state index in [4.69, 9.17) is 10.5 Å². The smallest absolute Gasteiger partial charge is 0.215 e. The average molecular weight is 275 g/mol. The number of likely N-dealkylation sites (tertiary alicyclic amines) is 1. The van der Waals surface area contributed by atoms with E-state index in [0.29, 0.717) is 23.9 Å². The largest absolute Gasteiger partial charge is 0.481 e. The third-order valence-electron chi connectivity index (χ3n) is 4.29. The maximum absolute atomic E-state index is 6.11. The van der Waals surface area contributed by atoms with Crippen molar-refractivity contribution in [3.05, 3.63) is 12.1 Å². The predicted molar refractivity (Wildman–Crippen MR) is 78.9 cm³/mol. The highest BCUT2D eigenvalue weighted by molar-refractivity contribution is 5.75. The second-order valence-corrected chi connectivity index (χ2v) is 5.54. The zero-order chi connectivity index (χ0) is 14.3. The Labute approximate surface area is 118 Å². The number of nitrogens with two attached hydrogens (primary N) is 1. The van der Waals surface area contributed by atoms with Crippen LogP contribution in [0.1, 0.15) is 25.8 Å². The van der Waals surface area contributed by atoms with Crippen LogP contribution in [-0.2, 0) is 0 Å². The van der Waals surface area contributed by atoms with Gasteiger partial charge in [0.15, 0.2) is 5.65 Å². The minimum Gasteiger partial charge on any atom is -0.481 e. The molecule has 0 radical (unpaired) electrons. The van der Waals surface area contributed by atoms with Gasteiger partial charge in [-0.15, -0.1) is 0 Å². The summed E-state index contributed by atoms with van der Waals surface area (Å²) in [6, 6.07) is 4.62. The van der Waals surface area contributed by atoms with Gasteiger partial charge in [0.25, 0.3) is 0 Å². The van der Waals surface area contributed by atoms with Crippen molar-refractivity contribution in [2.45, 2.75) is 31.8 Å². The monoisotopic (exact) mass is 275 g/mol. The fourth-order valence-corrected chi connectivity index (χ4v) is 2.95. The lowest BCUT2D eigenvalue weighted by Crippen LogP contribution is -2.38. The average Bonchev–Trinajstić information content (AvgIpc) is 2.77. The number of hydrogen-bond acceptors (Lipinski definition) is 5. The van der Waals surface area contributed by atoms with Gasteiger partial charge in [-0.3, -0.25) is 4.57 Å². The van der Waals surface area contributed by atoms with E-state index in [1.165, 1.54) is 0 Å². The van der Waals surface area contributed by atoms with Crippen molar-refractivity contribution in [2.75, 3.05) is 26.4 Å². The lowest BCUT2D eigenvalue weighted by Gasteiger charge is -2.35. The van der Waals surface area contributed by atoms with Crippen molar-refractivity contribution in [3.8, 4) is 5.88 Å². The molecule has 6 heteroatoms. The first-order valence-corrected chi connectivity index (χ1v) is 6.99. The molecule has 2 atom stereocenters. The summed E-state index contributed by atoms with van der Waals surface area (Å²) in [6.07, 6.45) is 2.13. The van der Waals surface area contributed by atoms with E-state index in [9.17, 15) is 0 Å². The van der Waals surface area contributed by atoms with Crippen LogP contribution >= 0.6 is 0 Å². The summed E-state index contributed by atoms with van der Waals surface area (Å²) in [5.74, 6) is 1.14. The van der Waals surface area contributed by atoms with Gasteiger partial charge in [0.1, 0.15) is 5.52 Å². The quantitative estimate of drug-likeness (QED) is 0.903. The van der Waals surface area contributed by atoms with E-state index in [1.54, 1.807) is 7.11 Å². The van der Waals surface area contributed by atoms with Crippen LogP contribution < -0.4 is 10.5 Å². The van der Waals surface area contributed by atoms with Gasteiger partial charge in [0.2, 0.25) is 11.8 Å². The van der Waals surface area contributed by atoms with Crippen molar-refractivity contribution in [3.63, 3.8) is 0 Å². The minimum absolute atomic E-state index is 0.353. The summed E-state index contributed by atoms with van der Waals surface area (Å²) in [7, 11) is 3.79. The van der Waals surface area contributed by atoms with Crippen LogP contribution in [0.25, 0.3) is 11.2 Å². The lowest BCUT2D eigenvalue weighted by atomic mass is 9.99. The van der Waals surface area contributed by atoms with Crippen LogP contribution in [0.15, 0.2) is 12.1 Å². The SMILES string of the molecule is COc1ccc2nc(N)n(C3CCN(C)C(C)C3)c2n1. The molecule has 0 saturated carbocycles. The molecule has 0 aliphatic carbocycles. The predicted octanol–water partition coefficient (Wildman–Crippen LogP) is 1.68. The van der Waals surface area contributed by atoms with Crippen molar-refractivity contribution in [2.24, 2.45) is 0 Å². The van der Waals surface area contributed by atoms with Crippen molar-refractivity contribution >= 4 is 17.1 Å². The molecular weight excluding hydrogens is 254 g/mol. The number of rotatable bonds is 2. The Morgan fingerprint density at radius 1 is 1.35 bits per heavy atom. The van der Waals surface area contributed by atoms with Crippen LogP contribution in [-0.4, -0.2) is 46.2 Å². The molecule has 0 spiro atoms. The van der Waals surface area contributed by atoms with Crippen molar-refractivity contribution in [1.82, 2.24) is 19.4 Å². The number of fused-ring (bicyclic) bond motifs is 1. The van der Waals surface area contributed by atoms with E-state index in [-0.39, 0.29) is 0 Å². The highest BCUT2D eigenvalue weighted by Gasteiger charge is 2.27. The summed E-state index contributed by atoms with van der Waals surface area (Å²) < 4.78 is 7.28. The molecule has 20 heavy (non-hydrogen) atoms. The molecule has 3 rings (SSSR count). The van der Waals surface area contributed by atoms with Gasteiger partial charge in [0.05, 0.1) is 7.11 Å². The zero-order valence-electron chi connectivity index (χ0n) is 12.2. The van der Waals surface area contributed by atoms with Gasteiger partial charge in [-0.25, -0.2) is 4.98 Å². The van der Waals surface area contributed by atoms with E-state index in [0.717, 1.165) is 30.6 Å². The van der Waals surface area contributed by atoms with Crippen molar-refractivity contribution in [1.29, 1.82) is 0 Å². The molecule has 6 nitrogen and oxygen atoms in total. The molecule has 0 bridgehead atoms. The number of pyridine rings is 1. The summed E-state index contributed by atoms with van der Waals surface area (Å²) in [5, 5.41) is 0. The van der Waals surface area contributed by atoms with Crippen LogP contribution in [0.4, 0.5) is 5.95 Å². The maximum Gasteiger partial charge on any atom is 0.215 e. The summed E-state index contributed by atoms with van der Waals surface area (Å²) in [6.45, 7) is 3.31. The number of anilines is 1. The number of piperidine rings is 1. The Hall–Kier alpha value is -1.82. The third kappa shape index (κ3) is 2.10. The Bertz CT molecular complexity index is 623. The molecule has 2 unspecified atom stereocenters. The normalized spacial score (nSPS) is 24.1. The van der Waals surface area contributed by atoms with Crippen LogP contribution in [0, 0.1) is 0 Å². The van der Waals surface area contributed by atoms with Gasteiger partial charge >= 0.3 is 0 Å². The molecule has 1 aliphatic heterocycles. The Balaban J connectivity index is 2.03. The zero-order valence-corrected chi connectivity index (χ0v) is 12.2. The lowest BCUT2D eigenvalue weighted by molar-refractivity contribution is 0.159. The first-order valence-electron chi connectivity index (χ1n) is 6.99. The molecule has 2 aromatic heterocycles. The molecule has 1 aliphatic rings. The number of ether oxygens (including phenoxy) is 1. The molecular formula is C14H21N5O. The maximum atomic E-state index is 6.11. The summed E-state index contributed by atoms with van der Waals surface area (Å²) in [5.41, 5.74) is 7.76. The van der Waals surface area contributed by atoms with E-state index < -0.39 is 0 Å². The molecule has 1 fully saturated rings. The van der Waals surface area contributed by atoms with E-state index in [2.05, 4.69) is 33.4 Å². The van der Waals surface area contributed by atoms with Gasteiger partial charge in [0, 0.05) is 24.7 Å². The van der Waals surface area contributed by atoms with Crippen molar-refractivity contribution < 1.29 is 4.74 Å². The van der Waals surface area contributed by atoms with Gasteiger partial charge in [-0.2, -0.15) is 4.98 Å². The molecule has 1 saturated heterocycles. The summed E-state index contributed by atoms with van der Waals surface area (Å²) in [4.78, 5) is 11.3. The number of nitrogens with zero attached hydrogens (tertiary/aromatic N) is 4. The highest BCUT2D eigenvalue weighted by Crippen LogP contribution is 2.31. The van der Waals surface area contributed by atoms with Crippen LogP contribution in [0.5, 0.6) is 5.88 Å². The number of imidazole rings is 1. The topological polar surface area (TPSA) is 69.2 Å². The third-order valence-corrected chi connectivity index (χ3v) is 4.29. The van der Waals surface area contributed by atoms with Gasteiger partial charge < -0.3 is 15.4 Å². The van der Waals surface area contributed by atoms with E-state index >= 15 is 0 Å². The number of hydrogen-bond donors (Lipinski definition) is 1. The van der Waals surface area contributed by atoms with Crippen LogP contribution in [0.3, 0.4) is 0 Å². The summed E-state index contributed by atoms with van der Waals surface area (Å²) >= 11 is 0. The minimum atomic E-state index is 0.353. The molecule has 2 aromatic rings. The Kier molecular flexibility index (Phi) is 3.25. The number of methoxy groups -OCH3 is 1. The molecule has 2 N–H and O–H groups in total. The first-order chi connectivity index (χ1) is 9.60. The first kappa shape index (κ1) is 13.2.